The lowest BCUT2D eigenvalue weighted by atomic mass is 10.0. The third-order valence-corrected chi connectivity index (χ3v) is 8.80. The molecule has 1 aliphatic heterocycles. The Hall–Kier alpha value is -3.30. The lowest BCUT2D eigenvalue weighted by Gasteiger charge is -2.38. The van der Waals surface area contributed by atoms with Gasteiger partial charge in [-0.2, -0.15) is 0 Å². The zero-order valence-electron chi connectivity index (χ0n) is 35.4. The summed E-state index contributed by atoms with van der Waals surface area (Å²) in [4.78, 5) is 61.5. The van der Waals surface area contributed by atoms with Gasteiger partial charge in [-0.3, -0.25) is 38.8 Å². The molecule has 0 aliphatic carbocycles. The fourth-order valence-corrected chi connectivity index (χ4v) is 6.30. The maximum Gasteiger partial charge on any atom is 0.323 e. The van der Waals surface area contributed by atoms with Crippen LogP contribution in [0.25, 0.3) is 0 Å². The first-order valence-corrected chi connectivity index (χ1v) is 20.0. The Morgan fingerprint density at radius 3 is 1.44 bits per heavy atom. The fourth-order valence-electron chi connectivity index (χ4n) is 6.30. The second kappa shape index (κ2) is 24.4. The maximum atomic E-state index is 13.8. The van der Waals surface area contributed by atoms with Gasteiger partial charge in [-0.1, -0.05) is 19.1 Å². The quantitative estimate of drug-likeness (QED) is 0.121. The van der Waals surface area contributed by atoms with Crippen LogP contribution < -0.4 is 4.74 Å². The van der Waals surface area contributed by atoms with E-state index in [9.17, 15) is 19.2 Å². The van der Waals surface area contributed by atoms with Crippen molar-refractivity contribution in [3.8, 4) is 5.75 Å². The standard InChI is InChI=1S/C41H70N4O10/c1-11-34(38(48)51-13-3)44-23-19-42(30-36(46)54-40(5,6)7)21-25-45(26-22-43(20-24-44)31-37(47)55-41(8,9)10)35(39(49)52-14-4)29-32-15-17-33(18-16-32)53-28-27-50-12-2/h15-18,34-35H,11-14,19-31H2,1-10H3/t34?,35-/m0/s1. The molecule has 0 bridgehead atoms. The van der Waals surface area contributed by atoms with Crippen molar-refractivity contribution in [1.82, 2.24) is 19.6 Å². The smallest absolute Gasteiger partial charge is 0.323 e. The van der Waals surface area contributed by atoms with Gasteiger partial charge in [-0.25, -0.2) is 0 Å². The van der Waals surface area contributed by atoms with Gasteiger partial charge in [0, 0.05) is 59.0 Å². The summed E-state index contributed by atoms with van der Waals surface area (Å²) in [6.07, 6.45) is 0.911. The van der Waals surface area contributed by atoms with Crippen molar-refractivity contribution in [3.05, 3.63) is 29.8 Å². The van der Waals surface area contributed by atoms with E-state index in [1.165, 1.54) is 0 Å². The van der Waals surface area contributed by atoms with E-state index in [0.29, 0.717) is 90.8 Å². The third kappa shape index (κ3) is 19.4. The summed E-state index contributed by atoms with van der Waals surface area (Å²) >= 11 is 0. The van der Waals surface area contributed by atoms with Gasteiger partial charge in [-0.05, 0) is 92.9 Å². The highest BCUT2D eigenvalue weighted by Crippen LogP contribution is 2.18. The van der Waals surface area contributed by atoms with E-state index in [-0.39, 0.29) is 50.2 Å². The van der Waals surface area contributed by atoms with E-state index >= 15 is 0 Å². The molecule has 1 fully saturated rings. The average Bonchev–Trinajstić information content (AvgIpc) is 3.08. The number of hydrogen-bond acceptors (Lipinski definition) is 14. The summed E-state index contributed by atoms with van der Waals surface area (Å²) < 4.78 is 33.7. The van der Waals surface area contributed by atoms with Gasteiger partial charge in [0.05, 0.1) is 32.9 Å². The highest BCUT2D eigenvalue weighted by molar-refractivity contribution is 5.76. The van der Waals surface area contributed by atoms with Gasteiger partial charge >= 0.3 is 23.9 Å². The van der Waals surface area contributed by atoms with Crippen molar-refractivity contribution in [2.75, 3.05) is 98.5 Å². The minimum Gasteiger partial charge on any atom is -0.491 e. The number of benzene rings is 1. The zero-order chi connectivity index (χ0) is 41.0. The van der Waals surface area contributed by atoms with E-state index in [2.05, 4.69) is 9.80 Å². The summed E-state index contributed by atoms with van der Waals surface area (Å²) in [5.74, 6) is -0.660. The number of ether oxygens (including phenoxy) is 6. The van der Waals surface area contributed by atoms with Crippen molar-refractivity contribution < 1.29 is 47.6 Å². The van der Waals surface area contributed by atoms with Crippen LogP contribution in [-0.4, -0.2) is 165 Å². The third-order valence-electron chi connectivity index (χ3n) is 8.80. The molecule has 0 spiro atoms. The second-order valence-corrected chi connectivity index (χ2v) is 15.6. The van der Waals surface area contributed by atoms with E-state index in [0.717, 1.165) is 5.56 Å². The highest BCUT2D eigenvalue weighted by Gasteiger charge is 2.32. The molecule has 1 heterocycles. The molecule has 0 N–H and O–H groups in total. The van der Waals surface area contributed by atoms with Gasteiger partial charge in [0.2, 0.25) is 0 Å². The summed E-state index contributed by atoms with van der Waals surface area (Å²) in [5.41, 5.74) is -0.386. The van der Waals surface area contributed by atoms with Gasteiger partial charge in [0.15, 0.2) is 0 Å². The number of carbonyl (C=O) groups is 4. The molecule has 1 aromatic carbocycles. The van der Waals surface area contributed by atoms with Crippen LogP contribution in [0.15, 0.2) is 24.3 Å². The normalized spacial score (nSPS) is 17.3. The molecule has 0 amide bonds. The number of hydrogen-bond donors (Lipinski definition) is 0. The van der Waals surface area contributed by atoms with E-state index in [4.69, 9.17) is 28.4 Å². The number of rotatable bonds is 18. The van der Waals surface area contributed by atoms with E-state index in [1.54, 1.807) is 13.8 Å². The first-order chi connectivity index (χ1) is 26.0. The van der Waals surface area contributed by atoms with Crippen LogP contribution in [0.5, 0.6) is 5.75 Å². The zero-order valence-corrected chi connectivity index (χ0v) is 35.4. The highest BCUT2D eigenvalue weighted by atomic mass is 16.6. The molecule has 2 atom stereocenters. The number of nitrogens with zero attached hydrogens (tertiary/aromatic N) is 4. The van der Waals surface area contributed by atoms with Crippen LogP contribution >= 0.6 is 0 Å². The predicted molar refractivity (Wildman–Crippen MR) is 211 cm³/mol. The molecular formula is C41H70N4O10. The molecule has 0 saturated carbocycles. The van der Waals surface area contributed by atoms with E-state index < -0.39 is 23.3 Å². The van der Waals surface area contributed by atoms with E-state index in [1.807, 2.05) is 89.5 Å². The summed E-state index contributed by atoms with van der Waals surface area (Å²) in [6.45, 7) is 24.1. The van der Waals surface area contributed by atoms with Crippen molar-refractivity contribution in [3.63, 3.8) is 0 Å². The molecular weight excluding hydrogens is 708 g/mol. The molecule has 14 nitrogen and oxygen atoms in total. The summed E-state index contributed by atoms with van der Waals surface area (Å²) in [6, 6.07) is 6.52. The molecule has 1 aromatic rings. The predicted octanol–water partition coefficient (Wildman–Crippen LogP) is 3.82. The second-order valence-electron chi connectivity index (χ2n) is 15.6. The van der Waals surface area contributed by atoms with Crippen molar-refractivity contribution in [1.29, 1.82) is 0 Å². The number of carbonyl (C=O) groups excluding carboxylic acids is 4. The molecule has 1 aliphatic rings. The largest absolute Gasteiger partial charge is 0.491 e. The van der Waals surface area contributed by atoms with Crippen molar-refractivity contribution in [2.24, 2.45) is 0 Å². The van der Waals surface area contributed by atoms with Crippen LogP contribution in [0.4, 0.5) is 0 Å². The summed E-state index contributed by atoms with van der Waals surface area (Å²) in [5, 5.41) is 0. The molecule has 2 rings (SSSR count). The Morgan fingerprint density at radius 1 is 0.600 bits per heavy atom. The lowest BCUT2D eigenvalue weighted by molar-refractivity contribution is -0.157. The van der Waals surface area contributed by atoms with Crippen LogP contribution in [0.3, 0.4) is 0 Å². The molecule has 314 valence electrons. The number of esters is 4. The summed E-state index contributed by atoms with van der Waals surface area (Å²) in [7, 11) is 0. The Kier molecular flexibility index (Phi) is 21.2. The molecule has 1 unspecified atom stereocenters. The molecule has 14 heteroatoms. The molecule has 1 saturated heterocycles. The Morgan fingerprint density at radius 2 is 1.04 bits per heavy atom. The van der Waals surface area contributed by atoms with Crippen LogP contribution in [0, 0.1) is 0 Å². The minimum atomic E-state index is -0.657. The van der Waals surface area contributed by atoms with Crippen molar-refractivity contribution in [2.45, 2.75) is 105 Å². The van der Waals surface area contributed by atoms with Gasteiger partial charge < -0.3 is 28.4 Å². The maximum absolute atomic E-state index is 13.8. The monoisotopic (exact) mass is 779 g/mol. The molecule has 0 radical (unpaired) electrons. The first kappa shape index (κ1) is 47.9. The van der Waals surface area contributed by atoms with Gasteiger partial charge in [0.25, 0.3) is 0 Å². The minimum absolute atomic E-state index is 0.0365. The van der Waals surface area contributed by atoms with Crippen LogP contribution in [0.2, 0.25) is 0 Å². The Labute approximate surface area is 330 Å². The fraction of sp³-hybridized carbons (Fsp3) is 0.756. The Bertz CT molecular complexity index is 1250. The Balaban J connectivity index is 2.50. The average molecular weight is 779 g/mol. The SMILES string of the molecule is CCOCCOc1ccc(C[C@@H](C(=O)OCC)N2CCN(CC(=O)OC(C)(C)C)CCN(C(CC)C(=O)OCC)CCN(CC(=O)OC(C)(C)C)CC2)cc1. The van der Waals surface area contributed by atoms with Crippen LogP contribution in [-0.2, 0) is 49.3 Å². The topological polar surface area (TPSA) is 137 Å². The first-order valence-electron chi connectivity index (χ1n) is 20.0. The van der Waals surface area contributed by atoms with Gasteiger partial charge in [-0.15, -0.1) is 0 Å². The van der Waals surface area contributed by atoms with Crippen molar-refractivity contribution >= 4 is 23.9 Å². The molecule has 0 aromatic heterocycles. The molecule has 55 heavy (non-hydrogen) atoms. The lowest BCUT2D eigenvalue weighted by Crippen LogP contribution is -2.54. The van der Waals surface area contributed by atoms with Gasteiger partial charge in [0.1, 0.15) is 35.6 Å². The van der Waals surface area contributed by atoms with Crippen LogP contribution in [0.1, 0.15) is 81.2 Å².